The van der Waals surface area contributed by atoms with Crippen LogP contribution in [-0.2, 0) is 0 Å². The van der Waals surface area contributed by atoms with Crippen LogP contribution in [0.4, 0.5) is 0 Å². The van der Waals surface area contributed by atoms with E-state index >= 15 is 0 Å². The fourth-order valence-electron chi connectivity index (χ4n) is 0.419. The molecule has 0 spiro atoms. The third-order valence-corrected chi connectivity index (χ3v) is 1.13. The second kappa shape index (κ2) is 4.33. The second-order valence-corrected chi connectivity index (χ2v) is 1.80. The van der Waals surface area contributed by atoms with Crippen molar-refractivity contribution in [1.82, 2.24) is 4.73 Å². The van der Waals surface area contributed by atoms with Crippen molar-refractivity contribution in [3.8, 4) is 0 Å². The van der Waals surface area contributed by atoms with E-state index in [0.29, 0.717) is 4.64 Å². The van der Waals surface area contributed by atoms with Crippen LogP contribution in [0.3, 0.4) is 0 Å². The first-order valence-electron chi connectivity index (χ1n) is 2.17. The summed E-state index contributed by atoms with van der Waals surface area (Å²) in [5.74, 6) is 0. The topological polar surface area (TPSA) is 25.2 Å². The van der Waals surface area contributed by atoms with Crippen LogP contribution in [0.2, 0.25) is 0 Å². The van der Waals surface area contributed by atoms with E-state index in [9.17, 15) is 0 Å². The maximum Gasteiger partial charge on any atom is 0.142 e. The Balaban J connectivity index is 0.000000640. The summed E-state index contributed by atoms with van der Waals surface area (Å²) in [6.07, 6.45) is 1.49. The van der Waals surface area contributed by atoms with E-state index in [2.05, 4.69) is 12.2 Å². The maximum atomic E-state index is 8.73. The second-order valence-electron chi connectivity index (χ2n) is 1.38. The number of rotatable bonds is 0. The van der Waals surface area contributed by atoms with E-state index in [1.165, 1.54) is 6.20 Å². The van der Waals surface area contributed by atoms with Gasteiger partial charge in [-0.3, -0.25) is 0 Å². The number of pyridine rings is 1. The van der Waals surface area contributed by atoms with Crippen molar-refractivity contribution in [2.75, 3.05) is 0 Å². The van der Waals surface area contributed by atoms with Gasteiger partial charge in [0.1, 0.15) is 4.64 Å². The van der Waals surface area contributed by atoms with Crippen LogP contribution in [-0.4, -0.2) is 9.94 Å². The predicted octanol–water partition coefficient (Wildman–Crippen LogP) is 1.45. The first-order chi connectivity index (χ1) is 3.80. The summed E-state index contributed by atoms with van der Waals surface area (Å²) in [6.45, 7) is 0. The summed E-state index contributed by atoms with van der Waals surface area (Å²) < 4.78 is 1.32. The molecule has 0 radical (unpaired) electrons. The number of nitrogens with zero attached hydrogens (tertiary/aromatic N) is 1. The molecular formula is C5H5GdNOS. The molecule has 0 aromatic carbocycles. The molecule has 4 heteroatoms. The Labute approximate surface area is 90.2 Å². The molecule has 0 amide bonds. The minimum atomic E-state index is 0. The van der Waals surface area contributed by atoms with Crippen LogP contribution in [0, 0.1) is 44.6 Å². The maximum absolute atomic E-state index is 8.73. The van der Waals surface area contributed by atoms with Gasteiger partial charge in [-0.2, -0.15) is 4.73 Å². The summed E-state index contributed by atoms with van der Waals surface area (Å²) in [4.78, 5) is 0. The Morgan fingerprint density at radius 1 is 1.44 bits per heavy atom. The van der Waals surface area contributed by atoms with Gasteiger partial charge in [-0.15, -0.1) is 0 Å². The molecule has 9 heavy (non-hydrogen) atoms. The first-order valence-corrected chi connectivity index (χ1v) is 2.58. The van der Waals surface area contributed by atoms with E-state index in [0.717, 1.165) is 4.73 Å². The molecule has 0 fully saturated rings. The minimum absolute atomic E-state index is 0. The summed E-state index contributed by atoms with van der Waals surface area (Å²) in [5.41, 5.74) is 0. The molecular weight excluding hydrogens is 279 g/mol. The molecule has 0 aliphatic carbocycles. The molecule has 0 saturated heterocycles. The molecule has 1 N–H and O–H groups in total. The molecule has 50 valence electrons. The summed E-state index contributed by atoms with van der Waals surface area (Å²) >= 11 is 4.67. The van der Waals surface area contributed by atoms with Gasteiger partial charge in [0.2, 0.25) is 0 Å². The molecule has 1 aromatic heterocycles. The zero-order valence-electron chi connectivity index (χ0n) is 4.47. The Kier molecular flexibility index (Phi) is 4.57. The monoisotopic (exact) mass is 285 g/mol. The van der Waals surface area contributed by atoms with Crippen LogP contribution < -0.4 is 0 Å². The Hall–Kier alpha value is 0.495. The van der Waals surface area contributed by atoms with E-state index in [4.69, 9.17) is 5.21 Å². The summed E-state index contributed by atoms with van der Waals surface area (Å²) in [5, 5.41) is 8.73. The van der Waals surface area contributed by atoms with E-state index in [-0.39, 0.29) is 39.9 Å². The molecule has 1 rings (SSSR count). The minimum Gasteiger partial charge on any atom is -0.428 e. The third-order valence-electron chi connectivity index (χ3n) is 0.803. The Morgan fingerprint density at radius 2 is 2.11 bits per heavy atom. The van der Waals surface area contributed by atoms with Gasteiger partial charge >= 0.3 is 0 Å². The normalized spacial score (nSPS) is 8.00. The molecule has 0 aliphatic heterocycles. The van der Waals surface area contributed by atoms with Crippen molar-refractivity contribution in [2.45, 2.75) is 0 Å². The van der Waals surface area contributed by atoms with Crippen LogP contribution in [0.25, 0.3) is 0 Å². The number of hydrogen-bond donors (Lipinski definition) is 1. The van der Waals surface area contributed by atoms with Crippen molar-refractivity contribution in [3.63, 3.8) is 0 Å². The predicted molar refractivity (Wildman–Crippen MR) is 32.5 cm³/mol. The fraction of sp³-hybridized carbons (Fsp3) is 0. The van der Waals surface area contributed by atoms with Crippen molar-refractivity contribution in [2.24, 2.45) is 0 Å². The van der Waals surface area contributed by atoms with Crippen LogP contribution >= 0.6 is 12.2 Å². The standard InChI is InChI=1S/C5H5NOS.Gd/c7-6-4-2-1-3-5(6)8;/h1-4,7H;. The van der Waals surface area contributed by atoms with Crippen molar-refractivity contribution in [1.29, 1.82) is 0 Å². The van der Waals surface area contributed by atoms with Gasteiger partial charge < -0.3 is 5.21 Å². The molecule has 1 heterocycles. The average molecular weight is 284 g/mol. The Bertz CT molecular complexity index is 234. The van der Waals surface area contributed by atoms with Crippen LogP contribution in [0.5, 0.6) is 0 Å². The van der Waals surface area contributed by atoms with E-state index < -0.39 is 0 Å². The average Bonchev–Trinajstić information content (AvgIpc) is 1.77. The van der Waals surface area contributed by atoms with Gasteiger partial charge in [-0.25, -0.2) is 0 Å². The summed E-state index contributed by atoms with van der Waals surface area (Å²) in [6, 6.07) is 5.13. The quantitative estimate of drug-likeness (QED) is 0.576. The molecule has 2 nitrogen and oxygen atoms in total. The van der Waals surface area contributed by atoms with Gasteiger partial charge in [-0.1, -0.05) is 18.3 Å². The Morgan fingerprint density at radius 3 is 2.44 bits per heavy atom. The molecule has 0 unspecified atom stereocenters. The van der Waals surface area contributed by atoms with Gasteiger partial charge in [0.15, 0.2) is 0 Å². The van der Waals surface area contributed by atoms with E-state index in [1.54, 1.807) is 18.2 Å². The first kappa shape index (κ1) is 9.49. The molecule has 0 aliphatic rings. The molecule has 0 saturated carbocycles. The molecule has 0 bridgehead atoms. The van der Waals surface area contributed by atoms with Gasteiger partial charge in [-0.05, 0) is 12.1 Å². The van der Waals surface area contributed by atoms with Crippen molar-refractivity contribution < 1.29 is 45.1 Å². The fourth-order valence-corrected chi connectivity index (χ4v) is 0.558. The number of aromatic nitrogens is 1. The van der Waals surface area contributed by atoms with Crippen LogP contribution in [0.1, 0.15) is 0 Å². The summed E-state index contributed by atoms with van der Waals surface area (Å²) in [7, 11) is 0. The van der Waals surface area contributed by atoms with Crippen LogP contribution in [0.15, 0.2) is 24.4 Å². The van der Waals surface area contributed by atoms with Crippen molar-refractivity contribution >= 4 is 12.2 Å². The smallest absolute Gasteiger partial charge is 0.142 e. The zero-order valence-corrected chi connectivity index (χ0v) is 7.55. The van der Waals surface area contributed by atoms with Gasteiger partial charge in [0, 0.05) is 46.1 Å². The van der Waals surface area contributed by atoms with Gasteiger partial charge in [0.25, 0.3) is 0 Å². The SMILES string of the molecule is On1ccccc1=S.[Gd]. The zero-order chi connectivity index (χ0) is 5.98. The van der Waals surface area contributed by atoms with E-state index in [1.807, 2.05) is 0 Å². The molecule has 0 atom stereocenters. The van der Waals surface area contributed by atoms with Gasteiger partial charge in [0.05, 0.1) is 0 Å². The third kappa shape index (κ3) is 2.71. The van der Waals surface area contributed by atoms with Crippen molar-refractivity contribution in [3.05, 3.63) is 29.0 Å². The largest absolute Gasteiger partial charge is 0.428 e. The molecule has 1 aromatic rings. The number of hydrogen-bond acceptors (Lipinski definition) is 2.